The Kier molecular flexibility index (Phi) is 6.54. The van der Waals surface area contributed by atoms with Crippen molar-refractivity contribution in [3.8, 4) is 0 Å². The molecule has 1 aromatic rings. The maximum Gasteiger partial charge on any atom is 0.305 e. The number of carboxylic acids is 1. The van der Waals surface area contributed by atoms with Crippen LogP contribution in [0.4, 0.5) is 4.39 Å². The Balaban J connectivity index is 1.68. The summed E-state index contributed by atoms with van der Waals surface area (Å²) in [5.41, 5.74) is 1.51. The summed E-state index contributed by atoms with van der Waals surface area (Å²) in [6.07, 6.45) is 1.22. The number of benzene rings is 1. The second-order valence-electron chi connectivity index (χ2n) is 6.07. The van der Waals surface area contributed by atoms with E-state index in [1.807, 2.05) is 0 Å². The van der Waals surface area contributed by atoms with Crippen LogP contribution in [0.2, 0.25) is 0 Å². The molecule has 2 N–H and O–H groups in total. The highest BCUT2D eigenvalue weighted by molar-refractivity contribution is 8.15. The summed E-state index contributed by atoms with van der Waals surface area (Å²) < 4.78 is 19.0. The molecule has 27 heavy (non-hydrogen) atoms. The Morgan fingerprint density at radius 1 is 1.44 bits per heavy atom. The zero-order valence-corrected chi connectivity index (χ0v) is 15.2. The molecule has 8 nitrogen and oxygen atoms in total. The van der Waals surface area contributed by atoms with Crippen molar-refractivity contribution in [3.63, 3.8) is 0 Å². The maximum absolute atomic E-state index is 13.6. The van der Waals surface area contributed by atoms with Crippen molar-refractivity contribution >= 4 is 35.0 Å². The van der Waals surface area contributed by atoms with Gasteiger partial charge in [0, 0.05) is 19.6 Å². The van der Waals surface area contributed by atoms with Gasteiger partial charge in [0.1, 0.15) is 11.1 Å². The molecule has 0 aromatic heterocycles. The van der Waals surface area contributed by atoms with Crippen molar-refractivity contribution in [2.24, 2.45) is 10.2 Å². The van der Waals surface area contributed by atoms with Crippen molar-refractivity contribution in [2.75, 3.05) is 26.3 Å². The highest BCUT2D eigenvalue weighted by atomic mass is 32.2. The van der Waals surface area contributed by atoms with Crippen LogP contribution < -0.4 is 5.32 Å². The number of halogens is 1. The van der Waals surface area contributed by atoms with Crippen LogP contribution >= 0.6 is 11.8 Å². The van der Waals surface area contributed by atoms with Crippen LogP contribution in [0.25, 0.3) is 0 Å². The number of amides is 1. The third-order valence-electron chi connectivity index (χ3n) is 4.08. The van der Waals surface area contributed by atoms with E-state index in [9.17, 15) is 14.0 Å². The number of ether oxygens (including phenoxy) is 1. The van der Waals surface area contributed by atoms with Crippen molar-refractivity contribution in [3.05, 3.63) is 35.1 Å². The quantitative estimate of drug-likeness (QED) is 0.552. The molecular weight excluding hydrogens is 375 g/mol. The van der Waals surface area contributed by atoms with E-state index < -0.39 is 17.1 Å². The highest BCUT2D eigenvalue weighted by Gasteiger charge is 2.32. The van der Waals surface area contributed by atoms with Crippen molar-refractivity contribution in [1.82, 2.24) is 10.2 Å². The van der Waals surface area contributed by atoms with Gasteiger partial charge in [0.15, 0.2) is 5.17 Å². The largest absolute Gasteiger partial charge is 0.481 e. The monoisotopic (exact) mass is 394 g/mol. The van der Waals surface area contributed by atoms with Gasteiger partial charge in [-0.05, 0) is 23.3 Å². The lowest BCUT2D eigenvalue weighted by atomic mass is 10.1. The van der Waals surface area contributed by atoms with Gasteiger partial charge in [-0.15, -0.1) is 5.10 Å². The molecule has 0 spiro atoms. The summed E-state index contributed by atoms with van der Waals surface area (Å²) in [6.45, 7) is 3.44. The van der Waals surface area contributed by atoms with Gasteiger partial charge in [0.25, 0.3) is 0 Å². The number of rotatable bonds is 6. The average molecular weight is 394 g/mol. The molecular formula is C17H19FN4O4S. The van der Waals surface area contributed by atoms with E-state index in [0.717, 1.165) is 36.0 Å². The molecule has 0 saturated carbocycles. The lowest BCUT2D eigenvalue weighted by Crippen LogP contribution is -2.35. The fourth-order valence-corrected chi connectivity index (χ4v) is 3.64. The van der Waals surface area contributed by atoms with Gasteiger partial charge in [-0.3, -0.25) is 14.5 Å². The zero-order valence-electron chi connectivity index (χ0n) is 14.4. The molecule has 0 radical (unpaired) electrons. The number of carbonyl (C=O) groups excluding carboxylic acids is 1. The lowest BCUT2D eigenvalue weighted by Gasteiger charge is -2.27. The van der Waals surface area contributed by atoms with E-state index in [2.05, 4.69) is 20.4 Å². The minimum absolute atomic E-state index is 0.249. The summed E-state index contributed by atoms with van der Waals surface area (Å²) in [5, 5.41) is 18.7. The van der Waals surface area contributed by atoms with Crippen molar-refractivity contribution in [1.29, 1.82) is 0 Å². The number of hydrogen-bond acceptors (Lipinski definition) is 7. The predicted octanol–water partition coefficient (Wildman–Crippen LogP) is 1.05. The van der Waals surface area contributed by atoms with Crippen LogP contribution in [-0.2, 0) is 20.9 Å². The number of amidine groups is 1. The van der Waals surface area contributed by atoms with Crippen molar-refractivity contribution < 1.29 is 23.8 Å². The molecule has 1 amide bonds. The predicted molar refractivity (Wildman–Crippen MR) is 99.3 cm³/mol. The Morgan fingerprint density at radius 2 is 2.22 bits per heavy atom. The van der Waals surface area contributed by atoms with E-state index in [-0.39, 0.29) is 17.4 Å². The molecule has 2 heterocycles. The fraction of sp³-hybridized carbons (Fsp3) is 0.412. The number of aliphatic carboxylic acids is 1. The average Bonchev–Trinajstić information content (AvgIpc) is 2.96. The van der Waals surface area contributed by atoms with Gasteiger partial charge in [0.2, 0.25) is 5.91 Å². The fourth-order valence-electron chi connectivity index (χ4n) is 2.73. The molecule has 0 aliphatic carbocycles. The number of carboxylic acid groups (broad SMARTS) is 1. The van der Waals surface area contributed by atoms with Crippen molar-refractivity contribution in [2.45, 2.75) is 18.2 Å². The SMILES string of the molecule is O=C(O)CC1SC(=NN=Cc2ccc(F)cc2CN2CCOCC2)NC1=O. The molecule has 2 fully saturated rings. The number of morpholine rings is 1. The van der Waals surface area contributed by atoms with Crippen LogP contribution in [0.1, 0.15) is 17.5 Å². The summed E-state index contributed by atoms with van der Waals surface area (Å²) in [4.78, 5) is 24.6. The molecule has 2 aliphatic heterocycles. The molecule has 1 aromatic carbocycles. The van der Waals surface area contributed by atoms with Gasteiger partial charge >= 0.3 is 5.97 Å². The first-order chi connectivity index (χ1) is 13.0. The topological polar surface area (TPSA) is 104 Å². The second-order valence-corrected chi connectivity index (χ2v) is 7.27. The maximum atomic E-state index is 13.6. The summed E-state index contributed by atoms with van der Waals surface area (Å²) in [5.74, 6) is -1.77. The number of thioether (sulfide) groups is 1. The molecule has 10 heteroatoms. The van der Waals surface area contributed by atoms with E-state index in [4.69, 9.17) is 9.84 Å². The van der Waals surface area contributed by atoms with Gasteiger partial charge in [0.05, 0.1) is 25.8 Å². The minimum atomic E-state index is -1.05. The van der Waals surface area contributed by atoms with E-state index in [0.29, 0.717) is 19.8 Å². The van der Waals surface area contributed by atoms with Gasteiger partial charge < -0.3 is 15.2 Å². The van der Waals surface area contributed by atoms with Crippen LogP contribution in [-0.4, -0.2) is 64.8 Å². The molecule has 3 rings (SSSR count). The molecule has 144 valence electrons. The Hall–Kier alpha value is -2.30. The third-order valence-corrected chi connectivity index (χ3v) is 5.16. The van der Waals surface area contributed by atoms with Crippen LogP contribution in [0, 0.1) is 5.82 Å². The molecule has 2 saturated heterocycles. The van der Waals surface area contributed by atoms with Gasteiger partial charge in [-0.1, -0.05) is 17.8 Å². The molecule has 0 bridgehead atoms. The standard InChI is InChI=1S/C17H19FN4O4S/c18-13-2-1-11(12(7-13)10-22-3-5-26-6-4-22)9-19-21-17-20-16(25)14(27-17)8-15(23)24/h1-2,7,9,14H,3-6,8,10H2,(H,23,24)(H,20,21,25). The van der Waals surface area contributed by atoms with Gasteiger partial charge in [-0.2, -0.15) is 5.10 Å². The highest BCUT2D eigenvalue weighted by Crippen LogP contribution is 2.22. The first-order valence-electron chi connectivity index (χ1n) is 8.40. The Morgan fingerprint density at radius 3 is 2.96 bits per heavy atom. The lowest BCUT2D eigenvalue weighted by molar-refractivity contribution is -0.138. The Labute approximate surface area is 159 Å². The van der Waals surface area contributed by atoms with E-state index >= 15 is 0 Å². The molecule has 1 atom stereocenters. The number of hydrogen-bond donors (Lipinski definition) is 2. The van der Waals surface area contributed by atoms with Gasteiger partial charge in [-0.25, -0.2) is 4.39 Å². The first kappa shape index (κ1) is 19.5. The number of nitrogens with one attached hydrogen (secondary N) is 1. The minimum Gasteiger partial charge on any atom is -0.481 e. The summed E-state index contributed by atoms with van der Waals surface area (Å²) in [7, 11) is 0. The molecule has 1 unspecified atom stereocenters. The summed E-state index contributed by atoms with van der Waals surface area (Å²) in [6, 6.07) is 4.45. The van der Waals surface area contributed by atoms with E-state index in [1.54, 1.807) is 6.07 Å². The van der Waals surface area contributed by atoms with Crippen LogP contribution in [0.5, 0.6) is 0 Å². The smallest absolute Gasteiger partial charge is 0.305 e. The van der Waals surface area contributed by atoms with E-state index in [1.165, 1.54) is 18.3 Å². The molecule has 2 aliphatic rings. The Bertz CT molecular complexity index is 780. The van der Waals surface area contributed by atoms with Crippen LogP contribution in [0.3, 0.4) is 0 Å². The number of carbonyl (C=O) groups is 2. The normalized spacial score (nSPS) is 22.5. The second kappa shape index (κ2) is 9.07. The first-order valence-corrected chi connectivity index (χ1v) is 9.28. The summed E-state index contributed by atoms with van der Waals surface area (Å²) >= 11 is 1.03. The third kappa shape index (κ3) is 5.59. The zero-order chi connectivity index (χ0) is 19.2. The van der Waals surface area contributed by atoms with Crippen LogP contribution in [0.15, 0.2) is 28.4 Å². The number of nitrogens with zero attached hydrogens (tertiary/aromatic N) is 3.